The van der Waals surface area contributed by atoms with Crippen molar-refractivity contribution in [3.8, 4) is 0 Å². The van der Waals surface area contributed by atoms with Crippen molar-refractivity contribution in [2.45, 2.75) is 19.9 Å². The Morgan fingerprint density at radius 2 is 2.27 bits per heavy atom. The molecule has 2 aromatic rings. The summed E-state index contributed by atoms with van der Waals surface area (Å²) in [5.74, 6) is 1.80. The normalized spacial score (nSPS) is 10.5. The Bertz CT molecular complexity index is 428. The number of aryl methyl sites for hydroxylation is 2. The van der Waals surface area contributed by atoms with Crippen LogP contribution >= 0.6 is 0 Å². The number of anilines is 2. The summed E-state index contributed by atoms with van der Waals surface area (Å²) in [6.45, 7) is 3.12. The lowest BCUT2D eigenvalue weighted by Gasteiger charge is -2.08. The van der Waals surface area contributed by atoms with Gasteiger partial charge in [0, 0.05) is 32.1 Å². The highest BCUT2D eigenvalue weighted by molar-refractivity contribution is 5.47. The van der Waals surface area contributed by atoms with E-state index in [0.717, 1.165) is 24.7 Å². The summed E-state index contributed by atoms with van der Waals surface area (Å²) in [5.41, 5.74) is 0. The molecule has 0 saturated heterocycles. The maximum atomic E-state index is 4.26. The highest BCUT2D eigenvalue weighted by Crippen LogP contribution is 2.13. The van der Waals surface area contributed by atoms with Gasteiger partial charge in [-0.25, -0.2) is 4.98 Å². The van der Waals surface area contributed by atoms with Gasteiger partial charge in [-0.2, -0.15) is 5.10 Å². The minimum atomic E-state index is 0.862. The molecule has 0 amide bonds. The summed E-state index contributed by atoms with van der Waals surface area (Å²) in [6.07, 6.45) is 6.63. The SMILES string of the molecule is CCCn1ccnc1Nc1ccnn1C. The third-order valence-corrected chi connectivity index (χ3v) is 2.24. The minimum absolute atomic E-state index is 0.862. The number of hydrogen-bond acceptors (Lipinski definition) is 3. The van der Waals surface area contributed by atoms with Crippen molar-refractivity contribution >= 4 is 11.8 Å². The summed E-state index contributed by atoms with van der Waals surface area (Å²) >= 11 is 0. The van der Waals surface area contributed by atoms with E-state index in [4.69, 9.17) is 0 Å². The van der Waals surface area contributed by atoms with E-state index in [1.807, 2.05) is 19.3 Å². The largest absolute Gasteiger partial charge is 0.317 e. The van der Waals surface area contributed by atoms with Gasteiger partial charge in [-0.3, -0.25) is 4.68 Å². The molecular weight excluding hydrogens is 190 g/mol. The Morgan fingerprint density at radius 1 is 1.40 bits per heavy atom. The fourth-order valence-electron chi connectivity index (χ4n) is 1.47. The average molecular weight is 205 g/mol. The first-order chi connectivity index (χ1) is 7.31. The van der Waals surface area contributed by atoms with Crippen LogP contribution in [0.3, 0.4) is 0 Å². The van der Waals surface area contributed by atoms with Crippen LogP contribution in [0, 0.1) is 0 Å². The molecule has 0 bridgehead atoms. The maximum absolute atomic E-state index is 4.26. The minimum Gasteiger partial charge on any atom is -0.317 e. The van der Waals surface area contributed by atoms with Crippen LogP contribution in [0.1, 0.15) is 13.3 Å². The molecule has 2 heterocycles. The second-order valence-electron chi connectivity index (χ2n) is 3.41. The number of hydrogen-bond donors (Lipinski definition) is 1. The first-order valence-electron chi connectivity index (χ1n) is 5.07. The van der Waals surface area contributed by atoms with Crippen LogP contribution in [0.2, 0.25) is 0 Å². The Morgan fingerprint density at radius 3 is 2.93 bits per heavy atom. The highest BCUT2D eigenvalue weighted by Gasteiger charge is 2.04. The van der Waals surface area contributed by atoms with Crippen molar-refractivity contribution in [1.29, 1.82) is 0 Å². The molecule has 0 unspecified atom stereocenters. The zero-order chi connectivity index (χ0) is 10.7. The molecule has 0 aliphatic carbocycles. The Balaban J connectivity index is 2.17. The van der Waals surface area contributed by atoms with Gasteiger partial charge in [-0.15, -0.1) is 0 Å². The number of nitrogens with zero attached hydrogens (tertiary/aromatic N) is 4. The standard InChI is InChI=1S/C10H15N5/c1-3-7-15-8-6-11-10(15)13-9-4-5-12-14(9)2/h4-6,8H,3,7H2,1-2H3,(H,11,13). The first-order valence-corrected chi connectivity index (χ1v) is 5.07. The van der Waals surface area contributed by atoms with E-state index in [2.05, 4.69) is 26.9 Å². The van der Waals surface area contributed by atoms with Crippen molar-refractivity contribution in [2.24, 2.45) is 7.05 Å². The third kappa shape index (κ3) is 2.01. The van der Waals surface area contributed by atoms with Crippen molar-refractivity contribution in [1.82, 2.24) is 19.3 Å². The first kappa shape index (κ1) is 9.76. The highest BCUT2D eigenvalue weighted by atomic mass is 15.3. The van der Waals surface area contributed by atoms with Gasteiger partial charge in [-0.05, 0) is 6.42 Å². The molecule has 0 spiro atoms. The van der Waals surface area contributed by atoms with Gasteiger partial charge in [-0.1, -0.05) is 6.92 Å². The number of imidazole rings is 1. The van der Waals surface area contributed by atoms with E-state index in [1.54, 1.807) is 17.1 Å². The van der Waals surface area contributed by atoms with E-state index in [0.29, 0.717) is 0 Å². The molecule has 1 N–H and O–H groups in total. The predicted molar refractivity (Wildman–Crippen MR) is 59.0 cm³/mol. The van der Waals surface area contributed by atoms with Gasteiger partial charge in [0.15, 0.2) is 0 Å². The molecule has 80 valence electrons. The van der Waals surface area contributed by atoms with Gasteiger partial charge in [0.25, 0.3) is 0 Å². The molecule has 2 rings (SSSR count). The van der Waals surface area contributed by atoms with Gasteiger partial charge in [0.2, 0.25) is 5.95 Å². The summed E-state index contributed by atoms with van der Waals surface area (Å²) in [5, 5.41) is 7.33. The smallest absolute Gasteiger partial charge is 0.208 e. The van der Waals surface area contributed by atoms with Crippen LogP contribution in [0.5, 0.6) is 0 Å². The molecule has 0 aliphatic heterocycles. The molecule has 0 saturated carbocycles. The lowest BCUT2D eigenvalue weighted by molar-refractivity contribution is 0.684. The van der Waals surface area contributed by atoms with Crippen molar-refractivity contribution in [3.63, 3.8) is 0 Å². The molecule has 0 aromatic carbocycles. The van der Waals surface area contributed by atoms with Gasteiger partial charge in [0.05, 0.1) is 6.20 Å². The summed E-state index contributed by atoms with van der Waals surface area (Å²) in [7, 11) is 1.90. The maximum Gasteiger partial charge on any atom is 0.208 e. The predicted octanol–water partition coefficient (Wildman–Crippen LogP) is 1.77. The van der Waals surface area contributed by atoms with Crippen LogP contribution in [0.4, 0.5) is 11.8 Å². The Kier molecular flexibility index (Phi) is 2.71. The molecular formula is C10H15N5. The quantitative estimate of drug-likeness (QED) is 0.827. The van der Waals surface area contributed by atoms with Gasteiger partial charge >= 0.3 is 0 Å². The molecule has 0 radical (unpaired) electrons. The number of nitrogens with one attached hydrogen (secondary N) is 1. The molecule has 0 aliphatic rings. The van der Waals surface area contributed by atoms with E-state index < -0.39 is 0 Å². The lowest BCUT2D eigenvalue weighted by atomic mass is 10.5. The zero-order valence-electron chi connectivity index (χ0n) is 9.01. The third-order valence-electron chi connectivity index (χ3n) is 2.24. The van der Waals surface area contributed by atoms with E-state index in [1.165, 1.54) is 0 Å². The topological polar surface area (TPSA) is 47.7 Å². The van der Waals surface area contributed by atoms with Crippen LogP contribution < -0.4 is 5.32 Å². The van der Waals surface area contributed by atoms with Crippen molar-refractivity contribution < 1.29 is 0 Å². The fraction of sp³-hybridized carbons (Fsp3) is 0.400. The molecule has 0 fully saturated rings. The van der Waals surface area contributed by atoms with Crippen molar-refractivity contribution in [2.75, 3.05) is 5.32 Å². The van der Waals surface area contributed by atoms with E-state index >= 15 is 0 Å². The average Bonchev–Trinajstić information content (AvgIpc) is 2.80. The monoisotopic (exact) mass is 205 g/mol. The lowest BCUT2D eigenvalue weighted by Crippen LogP contribution is -2.05. The van der Waals surface area contributed by atoms with Crippen LogP contribution in [0.25, 0.3) is 0 Å². The Hall–Kier alpha value is -1.78. The van der Waals surface area contributed by atoms with Crippen LogP contribution in [-0.4, -0.2) is 19.3 Å². The summed E-state index contributed by atoms with van der Waals surface area (Å²) < 4.78 is 3.87. The second kappa shape index (κ2) is 4.16. The van der Waals surface area contributed by atoms with E-state index in [9.17, 15) is 0 Å². The summed E-state index contributed by atoms with van der Waals surface area (Å²) in [6, 6.07) is 1.92. The summed E-state index contributed by atoms with van der Waals surface area (Å²) in [4.78, 5) is 4.26. The molecule has 5 heteroatoms. The number of rotatable bonds is 4. The number of aromatic nitrogens is 4. The van der Waals surface area contributed by atoms with Crippen molar-refractivity contribution in [3.05, 3.63) is 24.7 Å². The Labute approximate surface area is 88.7 Å². The van der Waals surface area contributed by atoms with Gasteiger partial charge in [0.1, 0.15) is 5.82 Å². The molecule has 5 nitrogen and oxygen atoms in total. The van der Waals surface area contributed by atoms with Gasteiger partial charge < -0.3 is 9.88 Å². The van der Waals surface area contributed by atoms with E-state index in [-0.39, 0.29) is 0 Å². The fourth-order valence-corrected chi connectivity index (χ4v) is 1.47. The molecule has 2 aromatic heterocycles. The molecule has 0 atom stereocenters. The second-order valence-corrected chi connectivity index (χ2v) is 3.41. The molecule has 15 heavy (non-hydrogen) atoms. The van der Waals surface area contributed by atoms with Crippen LogP contribution in [0.15, 0.2) is 24.7 Å². The zero-order valence-corrected chi connectivity index (χ0v) is 9.01. The van der Waals surface area contributed by atoms with Crippen LogP contribution in [-0.2, 0) is 13.6 Å².